The van der Waals surface area contributed by atoms with Crippen molar-refractivity contribution in [1.82, 2.24) is 4.90 Å². The summed E-state index contributed by atoms with van der Waals surface area (Å²) >= 11 is 0. The molecule has 0 saturated carbocycles. The van der Waals surface area contributed by atoms with Gasteiger partial charge in [0, 0.05) is 6.54 Å². The lowest BCUT2D eigenvalue weighted by atomic mass is 10.2. The summed E-state index contributed by atoms with van der Waals surface area (Å²) in [5.74, 6) is 0.477. The highest BCUT2D eigenvalue weighted by atomic mass is 19.1. The van der Waals surface area contributed by atoms with E-state index >= 15 is 0 Å². The van der Waals surface area contributed by atoms with Crippen LogP contribution in [-0.2, 0) is 11.3 Å². The van der Waals surface area contributed by atoms with Crippen LogP contribution in [0.25, 0.3) is 0 Å². The smallest absolute Gasteiger partial charge is 0.243 e. The molecule has 1 amide bonds. The molecule has 4 nitrogen and oxygen atoms in total. The van der Waals surface area contributed by atoms with Crippen LogP contribution in [0.1, 0.15) is 5.56 Å². The Balaban J connectivity index is 1.71. The first-order valence-corrected chi connectivity index (χ1v) is 7.07. The number of methoxy groups -OCH3 is 1. The van der Waals surface area contributed by atoms with E-state index in [9.17, 15) is 9.18 Å². The molecule has 0 unspecified atom stereocenters. The van der Waals surface area contributed by atoms with Crippen molar-refractivity contribution in [1.29, 1.82) is 0 Å². The first kappa shape index (κ1) is 14.4. The summed E-state index contributed by atoms with van der Waals surface area (Å²) in [5.41, 5.74) is 1.48. The zero-order valence-corrected chi connectivity index (χ0v) is 12.3. The van der Waals surface area contributed by atoms with Gasteiger partial charge in [-0.3, -0.25) is 4.79 Å². The second-order valence-electron chi connectivity index (χ2n) is 5.23. The number of benzene rings is 2. The molecule has 1 fully saturated rings. The zero-order chi connectivity index (χ0) is 15.5. The highest BCUT2D eigenvalue weighted by molar-refractivity contribution is 5.84. The fraction of sp³-hybridized carbons (Fsp3) is 0.235. The summed E-state index contributed by atoms with van der Waals surface area (Å²) in [5, 5.41) is 0. The molecule has 0 atom stereocenters. The number of anilines is 1. The van der Waals surface area contributed by atoms with Gasteiger partial charge < -0.3 is 14.5 Å². The van der Waals surface area contributed by atoms with Crippen molar-refractivity contribution < 1.29 is 13.9 Å². The molecule has 0 aromatic heterocycles. The van der Waals surface area contributed by atoms with Crippen molar-refractivity contribution in [2.24, 2.45) is 0 Å². The molecule has 0 radical (unpaired) electrons. The molecule has 1 aliphatic heterocycles. The fourth-order valence-corrected chi connectivity index (χ4v) is 2.56. The quantitative estimate of drug-likeness (QED) is 0.870. The number of hydrogen-bond donors (Lipinski definition) is 0. The number of carbonyl (C=O) groups is 1. The third-order valence-corrected chi connectivity index (χ3v) is 3.75. The lowest BCUT2D eigenvalue weighted by molar-refractivity contribution is -0.127. The van der Waals surface area contributed by atoms with E-state index < -0.39 is 0 Å². The van der Waals surface area contributed by atoms with Crippen LogP contribution in [0.5, 0.6) is 5.75 Å². The average molecular weight is 300 g/mol. The van der Waals surface area contributed by atoms with Crippen molar-refractivity contribution in [3.05, 3.63) is 59.9 Å². The Hall–Kier alpha value is -2.56. The van der Waals surface area contributed by atoms with Gasteiger partial charge >= 0.3 is 0 Å². The minimum Gasteiger partial charge on any atom is -0.497 e. The lowest BCUT2D eigenvalue weighted by Gasteiger charge is -2.20. The van der Waals surface area contributed by atoms with Gasteiger partial charge in [-0.05, 0) is 29.8 Å². The molecule has 5 heteroatoms. The van der Waals surface area contributed by atoms with E-state index in [0.717, 1.165) is 11.3 Å². The summed E-state index contributed by atoms with van der Waals surface area (Å²) in [7, 11) is 1.62. The number of rotatable bonds is 4. The van der Waals surface area contributed by atoms with Crippen molar-refractivity contribution in [2.75, 3.05) is 25.2 Å². The SMILES string of the molecule is COc1ccc(CN2CN(c3ccccc3F)CC2=O)cc1. The Bertz CT molecular complexity index is 673. The van der Waals surface area contributed by atoms with Gasteiger partial charge in [-0.25, -0.2) is 4.39 Å². The Labute approximate surface area is 128 Å². The zero-order valence-electron chi connectivity index (χ0n) is 12.3. The lowest BCUT2D eigenvalue weighted by Crippen LogP contribution is -2.27. The van der Waals surface area contributed by atoms with E-state index in [-0.39, 0.29) is 18.3 Å². The van der Waals surface area contributed by atoms with Crippen LogP contribution in [0.15, 0.2) is 48.5 Å². The summed E-state index contributed by atoms with van der Waals surface area (Å²) in [6.45, 7) is 1.11. The van der Waals surface area contributed by atoms with Crippen molar-refractivity contribution in [3.63, 3.8) is 0 Å². The van der Waals surface area contributed by atoms with Crippen molar-refractivity contribution in [3.8, 4) is 5.75 Å². The maximum absolute atomic E-state index is 13.8. The summed E-state index contributed by atoms with van der Waals surface area (Å²) in [6.07, 6.45) is 0. The highest BCUT2D eigenvalue weighted by Crippen LogP contribution is 2.23. The molecular weight excluding hydrogens is 283 g/mol. The topological polar surface area (TPSA) is 32.8 Å². The van der Waals surface area contributed by atoms with Gasteiger partial charge in [-0.2, -0.15) is 0 Å². The van der Waals surface area contributed by atoms with Gasteiger partial charge in [0.25, 0.3) is 0 Å². The predicted octanol–water partition coefficient (Wildman–Crippen LogP) is 2.64. The number of halogens is 1. The summed E-state index contributed by atoms with van der Waals surface area (Å²) in [6, 6.07) is 14.1. The van der Waals surface area contributed by atoms with E-state index in [1.807, 2.05) is 24.3 Å². The maximum Gasteiger partial charge on any atom is 0.243 e. The number of nitrogens with zero attached hydrogens (tertiary/aromatic N) is 2. The van der Waals surface area contributed by atoms with Gasteiger partial charge in [0.1, 0.15) is 11.6 Å². The minimum absolute atomic E-state index is 0.000860. The molecule has 0 N–H and O–H groups in total. The maximum atomic E-state index is 13.8. The Morgan fingerprint density at radius 1 is 1.14 bits per heavy atom. The number of para-hydroxylation sites is 1. The molecule has 2 aromatic carbocycles. The first-order valence-electron chi connectivity index (χ1n) is 7.07. The molecular formula is C17H17FN2O2. The van der Waals surface area contributed by atoms with Crippen molar-refractivity contribution in [2.45, 2.75) is 6.54 Å². The van der Waals surface area contributed by atoms with E-state index in [2.05, 4.69) is 0 Å². The molecule has 0 bridgehead atoms. The van der Waals surface area contributed by atoms with Crippen molar-refractivity contribution >= 4 is 11.6 Å². The fourth-order valence-electron chi connectivity index (χ4n) is 2.56. The van der Waals surface area contributed by atoms with E-state index in [0.29, 0.717) is 18.9 Å². The van der Waals surface area contributed by atoms with Gasteiger partial charge in [-0.15, -0.1) is 0 Å². The second-order valence-corrected chi connectivity index (χ2v) is 5.23. The Morgan fingerprint density at radius 2 is 1.86 bits per heavy atom. The first-order chi connectivity index (χ1) is 10.7. The van der Waals surface area contributed by atoms with Crippen LogP contribution in [-0.4, -0.2) is 31.1 Å². The normalized spacial score (nSPS) is 14.5. The third kappa shape index (κ3) is 2.88. The average Bonchev–Trinajstić information content (AvgIpc) is 2.89. The van der Waals surface area contributed by atoms with E-state index in [4.69, 9.17) is 4.74 Å². The number of amides is 1. The van der Waals surface area contributed by atoms with Gasteiger partial charge in [0.15, 0.2) is 0 Å². The molecule has 1 saturated heterocycles. The van der Waals surface area contributed by atoms with E-state index in [1.54, 1.807) is 35.1 Å². The number of carbonyl (C=O) groups excluding carboxylic acids is 1. The summed E-state index contributed by atoms with van der Waals surface area (Å²) in [4.78, 5) is 15.6. The van der Waals surface area contributed by atoms with Gasteiger partial charge in [0.05, 0.1) is 26.0 Å². The molecule has 114 valence electrons. The van der Waals surface area contributed by atoms with Crippen LogP contribution in [0.2, 0.25) is 0 Å². The molecule has 0 aliphatic carbocycles. The number of hydrogen-bond acceptors (Lipinski definition) is 3. The van der Waals surface area contributed by atoms with Gasteiger partial charge in [0.2, 0.25) is 5.91 Å². The Kier molecular flexibility index (Phi) is 3.96. The second kappa shape index (κ2) is 6.05. The molecule has 0 spiro atoms. The van der Waals surface area contributed by atoms with Crippen LogP contribution in [0.3, 0.4) is 0 Å². The van der Waals surface area contributed by atoms with Gasteiger partial charge in [-0.1, -0.05) is 24.3 Å². The summed E-state index contributed by atoms with van der Waals surface area (Å²) < 4.78 is 18.9. The molecule has 1 aliphatic rings. The monoisotopic (exact) mass is 300 g/mol. The number of ether oxygens (including phenoxy) is 1. The largest absolute Gasteiger partial charge is 0.497 e. The molecule has 2 aromatic rings. The highest BCUT2D eigenvalue weighted by Gasteiger charge is 2.28. The van der Waals surface area contributed by atoms with Crippen LogP contribution < -0.4 is 9.64 Å². The Morgan fingerprint density at radius 3 is 2.55 bits per heavy atom. The van der Waals surface area contributed by atoms with Crippen LogP contribution >= 0.6 is 0 Å². The predicted molar refractivity (Wildman–Crippen MR) is 82.2 cm³/mol. The third-order valence-electron chi connectivity index (χ3n) is 3.75. The minimum atomic E-state index is -0.304. The van der Waals surface area contributed by atoms with E-state index in [1.165, 1.54) is 6.07 Å². The van der Waals surface area contributed by atoms with Crippen LogP contribution in [0, 0.1) is 5.82 Å². The van der Waals surface area contributed by atoms with Crippen LogP contribution in [0.4, 0.5) is 10.1 Å². The molecule has 3 rings (SSSR count). The molecule has 1 heterocycles. The standard InChI is InChI=1S/C17H17FN2O2/c1-22-14-8-6-13(7-9-14)10-20-12-19(11-17(20)21)16-5-3-2-4-15(16)18/h2-9H,10-12H2,1H3. The molecule has 22 heavy (non-hydrogen) atoms.